The zero-order valence-electron chi connectivity index (χ0n) is 16.7. The standard InChI is InChI=1S/C23H23ClN2O3S/c1-3-22(17-7-5-4-6-8-17)25-23(27)18-9-13-20(14-10-18)26(2)30(28,29)21-15-11-19(24)12-16-21/h4-16,22H,3H2,1-2H3,(H,25,27). The summed E-state index contributed by atoms with van der Waals surface area (Å²) in [5.41, 5.74) is 1.96. The lowest BCUT2D eigenvalue weighted by Crippen LogP contribution is -2.28. The van der Waals surface area contributed by atoms with Gasteiger partial charge in [0.15, 0.2) is 0 Å². The van der Waals surface area contributed by atoms with Crippen LogP contribution in [0, 0.1) is 0 Å². The molecule has 0 saturated carbocycles. The molecule has 3 rings (SSSR count). The first-order valence-electron chi connectivity index (χ1n) is 9.53. The maximum atomic E-state index is 12.8. The van der Waals surface area contributed by atoms with Crippen molar-refractivity contribution in [2.45, 2.75) is 24.3 Å². The molecule has 156 valence electrons. The van der Waals surface area contributed by atoms with E-state index in [0.717, 1.165) is 12.0 Å². The molecule has 1 unspecified atom stereocenters. The molecule has 1 N–H and O–H groups in total. The molecule has 3 aromatic rings. The largest absolute Gasteiger partial charge is 0.345 e. The van der Waals surface area contributed by atoms with Gasteiger partial charge in [-0.05, 0) is 60.5 Å². The molecule has 0 saturated heterocycles. The van der Waals surface area contributed by atoms with Crippen LogP contribution >= 0.6 is 11.6 Å². The average molecular weight is 443 g/mol. The second-order valence-corrected chi connectivity index (χ2v) is 9.22. The molecule has 0 aliphatic carbocycles. The molecule has 0 spiro atoms. The second-order valence-electron chi connectivity index (χ2n) is 6.82. The van der Waals surface area contributed by atoms with Gasteiger partial charge in [-0.2, -0.15) is 0 Å². The zero-order chi connectivity index (χ0) is 21.7. The number of sulfonamides is 1. The van der Waals surface area contributed by atoms with Gasteiger partial charge in [0.2, 0.25) is 0 Å². The van der Waals surface area contributed by atoms with E-state index in [4.69, 9.17) is 11.6 Å². The van der Waals surface area contributed by atoms with Crippen molar-refractivity contribution in [2.75, 3.05) is 11.4 Å². The number of rotatable bonds is 7. The minimum Gasteiger partial charge on any atom is -0.345 e. The first kappa shape index (κ1) is 21.9. The average Bonchev–Trinajstić information content (AvgIpc) is 2.77. The van der Waals surface area contributed by atoms with Gasteiger partial charge in [-0.1, -0.05) is 48.9 Å². The predicted octanol–water partition coefficient (Wildman–Crippen LogP) is 5.05. The minimum atomic E-state index is -3.73. The van der Waals surface area contributed by atoms with E-state index < -0.39 is 10.0 Å². The van der Waals surface area contributed by atoms with Gasteiger partial charge in [-0.15, -0.1) is 0 Å². The van der Waals surface area contributed by atoms with Crippen molar-refractivity contribution in [3.63, 3.8) is 0 Å². The Labute approximate surface area is 182 Å². The van der Waals surface area contributed by atoms with Gasteiger partial charge in [0, 0.05) is 17.6 Å². The van der Waals surface area contributed by atoms with Crippen molar-refractivity contribution < 1.29 is 13.2 Å². The Hall–Kier alpha value is -2.83. The van der Waals surface area contributed by atoms with E-state index in [1.807, 2.05) is 37.3 Å². The number of benzene rings is 3. The molecule has 3 aromatic carbocycles. The number of hydrogen-bond donors (Lipinski definition) is 1. The smallest absolute Gasteiger partial charge is 0.264 e. The van der Waals surface area contributed by atoms with E-state index >= 15 is 0 Å². The lowest BCUT2D eigenvalue weighted by Gasteiger charge is -2.20. The molecule has 0 radical (unpaired) electrons. The van der Waals surface area contributed by atoms with Crippen molar-refractivity contribution in [3.8, 4) is 0 Å². The maximum absolute atomic E-state index is 12.8. The first-order chi connectivity index (χ1) is 14.3. The fourth-order valence-electron chi connectivity index (χ4n) is 3.07. The molecule has 30 heavy (non-hydrogen) atoms. The molecule has 1 amide bonds. The summed E-state index contributed by atoms with van der Waals surface area (Å²) in [6.07, 6.45) is 0.760. The Morgan fingerprint density at radius 3 is 2.13 bits per heavy atom. The third kappa shape index (κ3) is 4.83. The fraction of sp³-hybridized carbons (Fsp3) is 0.174. The summed E-state index contributed by atoms with van der Waals surface area (Å²) in [5, 5.41) is 3.49. The summed E-state index contributed by atoms with van der Waals surface area (Å²) in [6.45, 7) is 2.01. The zero-order valence-corrected chi connectivity index (χ0v) is 18.3. The summed E-state index contributed by atoms with van der Waals surface area (Å²) < 4.78 is 26.8. The predicted molar refractivity (Wildman–Crippen MR) is 120 cm³/mol. The van der Waals surface area contributed by atoms with E-state index in [1.165, 1.54) is 35.6 Å². The molecular formula is C23H23ClN2O3S. The number of amides is 1. The minimum absolute atomic E-state index is 0.0914. The van der Waals surface area contributed by atoms with Gasteiger partial charge in [0.1, 0.15) is 0 Å². The Kier molecular flexibility index (Phi) is 6.80. The van der Waals surface area contributed by atoms with Gasteiger partial charge < -0.3 is 5.32 Å². The molecular weight excluding hydrogens is 420 g/mol. The lowest BCUT2D eigenvalue weighted by molar-refractivity contribution is 0.0935. The van der Waals surface area contributed by atoms with E-state index in [9.17, 15) is 13.2 Å². The summed E-state index contributed by atoms with van der Waals surface area (Å²) in [4.78, 5) is 12.8. The number of hydrogen-bond acceptors (Lipinski definition) is 3. The molecule has 0 fully saturated rings. The Bertz CT molecular complexity index is 1100. The van der Waals surface area contributed by atoms with Gasteiger partial charge in [-0.25, -0.2) is 8.42 Å². The van der Waals surface area contributed by atoms with Crippen LogP contribution in [0.15, 0.2) is 83.8 Å². The highest BCUT2D eigenvalue weighted by Gasteiger charge is 2.21. The molecule has 0 aliphatic heterocycles. The van der Waals surface area contributed by atoms with Crippen LogP contribution in [0.2, 0.25) is 5.02 Å². The van der Waals surface area contributed by atoms with Crippen LogP contribution in [0.4, 0.5) is 5.69 Å². The number of nitrogens with zero attached hydrogens (tertiary/aromatic N) is 1. The van der Waals surface area contributed by atoms with E-state index in [1.54, 1.807) is 24.3 Å². The Balaban J connectivity index is 1.75. The summed E-state index contributed by atoms with van der Waals surface area (Å²) in [5.74, 6) is -0.208. The topological polar surface area (TPSA) is 66.5 Å². The highest BCUT2D eigenvalue weighted by atomic mass is 35.5. The van der Waals surface area contributed by atoms with E-state index in [0.29, 0.717) is 16.3 Å². The SMILES string of the molecule is CCC(NC(=O)c1ccc(N(C)S(=O)(=O)c2ccc(Cl)cc2)cc1)c1ccccc1. The summed E-state index contributed by atoms with van der Waals surface area (Å²) in [7, 11) is -2.25. The number of nitrogens with one attached hydrogen (secondary N) is 1. The lowest BCUT2D eigenvalue weighted by atomic mass is 10.0. The molecule has 5 nitrogen and oxygen atoms in total. The fourth-order valence-corrected chi connectivity index (χ4v) is 4.40. The third-order valence-electron chi connectivity index (χ3n) is 4.88. The van der Waals surface area contributed by atoms with Crippen molar-refractivity contribution in [1.29, 1.82) is 0 Å². The van der Waals surface area contributed by atoms with E-state index in [-0.39, 0.29) is 16.8 Å². The summed E-state index contributed by atoms with van der Waals surface area (Å²) in [6, 6.07) is 22.2. The van der Waals surface area contributed by atoms with Crippen LogP contribution < -0.4 is 9.62 Å². The van der Waals surface area contributed by atoms with Crippen molar-refractivity contribution in [1.82, 2.24) is 5.32 Å². The third-order valence-corrected chi connectivity index (χ3v) is 6.93. The Morgan fingerprint density at radius 2 is 1.57 bits per heavy atom. The molecule has 0 heterocycles. The van der Waals surface area contributed by atoms with Crippen molar-refractivity contribution in [3.05, 3.63) is 95.0 Å². The Morgan fingerprint density at radius 1 is 0.967 bits per heavy atom. The number of halogens is 1. The van der Waals surface area contributed by atoms with Crippen LogP contribution in [-0.2, 0) is 10.0 Å². The van der Waals surface area contributed by atoms with Gasteiger partial charge in [0.05, 0.1) is 16.6 Å². The van der Waals surface area contributed by atoms with Crippen LogP contribution in [0.3, 0.4) is 0 Å². The number of carbonyl (C=O) groups excluding carboxylic acids is 1. The highest BCUT2D eigenvalue weighted by Crippen LogP contribution is 2.24. The summed E-state index contributed by atoms with van der Waals surface area (Å²) >= 11 is 5.84. The van der Waals surface area contributed by atoms with Crippen molar-refractivity contribution >= 4 is 33.2 Å². The van der Waals surface area contributed by atoms with Crippen molar-refractivity contribution in [2.24, 2.45) is 0 Å². The second kappa shape index (κ2) is 9.32. The monoisotopic (exact) mass is 442 g/mol. The molecule has 0 aliphatic rings. The normalized spacial score (nSPS) is 12.2. The number of carbonyl (C=O) groups is 1. The first-order valence-corrected chi connectivity index (χ1v) is 11.3. The van der Waals surface area contributed by atoms with Gasteiger partial charge in [-0.3, -0.25) is 9.10 Å². The van der Waals surface area contributed by atoms with Crippen LogP contribution in [0.5, 0.6) is 0 Å². The van der Waals surface area contributed by atoms with Crippen LogP contribution in [-0.4, -0.2) is 21.4 Å². The van der Waals surface area contributed by atoms with Gasteiger partial charge in [0.25, 0.3) is 15.9 Å². The quantitative estimate of drug-likeness (QED) is 0.557. The molecule has 0 aromatic heterocycles. The molecule has 0 bridgehead atoms. The number of anilines is 1. The molecule has 1 atom stereocenters. The molecule has 7 heteroatoms. The maximum Gasteiger partial charge on any atom is 0.264 e. The van der Waals surface area contributed by atoms with Crippen LogP contribution in [0.1, 0.15) is 35.3 Å². The van der Waals surface area contributed by atoms with Crippen LogP contribution in [0.25, 0.3) is 0 Å². The highest BCUT2D eigenvalue weighted by molar-refractivity contribution is 7.92. The van der Waals surface area contributed by atoms with E-state index in [2.05, 4.69) is 5.32 Å². The van der Waals surface area contributed by atoms with Gasteiger partial charge >= 0.3 is 0 Å².